The summed E-state index contributed by atoms with van der Waals surface area (Å²) in [7, 11) is 0. The van der Waals surface area contributed by atoms with Crippen LogP contribution in [0.25, 0.3) is 11.3 Å². The van der Waals surface area contributed by atoms with Crippen LogP contribution < -0.4 is 5.73 Å². The normalized spacial score (nSPS) is 12.6. The standard InChI is InChI=1S/C14H17FN2S/c1-2-10(8-16)6-14-17-13(9-18-14)11-4-3-5-12(15)7-11/h3-5,7,9-10H,2,6,8,16H2,1H3. The quantitative estimate of drug-likeness (QED) is 0.898. The van der Waals surface area contributed by atoms with E-state index >= 15 is 0 Å². The van der Waals surface area contributed by atoms with Gasteiger partial charge in [-0.05, 0) is 24.6 Å². The minimum Gasteiger partial charge on any atom is -0.330 e. The van der Waals surface area contributed by atoms with Crippen LogP contribution in [0.3, 0.4) is 0 Å². The summed E-state index contributed by atoms with van der Waals surface area (Å²) in [5, 5.41) is 3.06. The van der Waals surface area contributed by atoms with Crippen LogP contribution >= 0.6 is 11.3 Å². The van der Waals surface area contributed by atoms with Crippen LogP contribution in [0, 0.1) is 11.7 Å². The molecule has 1 aromatic carbocycles. The van der Waals surface area contributed by atoms with Crippen molar-refractivity contribution in [3.8, 4) is 11.3 Å². The van der Waals surface area contributed by atoms with Gasteiger partial charge in [-0.15, -0.1) is 11.3 Å². The van der Waals surface area contributed by atoms with Gasteiger partial charge in [-0.2, -0.15) is 0 Å². The van der Waals surface area contributed by atoms with E-state index < -0.39 is 0 Å². The molecule has 1 unspecified atom stereocenters. The Labute approximate surface area is 111 Å². The average molecular weight is 264 g/mol. The molecule has 4 heteroatoms. The molecule has 0 bridgehead atoms. The molecule has 18 heavy (non-hydrogen) atoms. The van der Waals surface area contributed by atoms with Gasteiger partial charge in [0.25, 0.3) is 0 Å². The van der Waals surface area contributed by atoms with Gasteiger partial charge in [0.05, 0.1) is 10.7 Å². The molecule has 0 aliphatic heterocycles. The summed E-state index contributed by atoms with van der Waals surface area (Å²) >= 11 is 1.62. The molecule has 0 amide bonds. The van der Waals surface area contributed by atoms with Crippen LogP contribution in [0.2, 0.25) is 0 Å². The molecule has 0 aliphatic carbocycles. The van der Waals surface area contributed by atoms with Crippen molar-refractivity contribution in [3.63, 3.8) is 0 Å². The predicted octanol–water partition coefficient (Wildman–Crippen LogP) is 3.48. The van der Waals surface area contributed by atoms with E-state index in [9.17, 15) is 4.39 Å². The smallest absolute Gasteiger partial charge is 0.123 e. The van der Waals surface area contributed by atoms with Crippen molar-refractivity contribution in [2.75, 3.05) is 6.54 Å². The van der Waals surface area contributed by atoms with Gasteiger partial charge < -0.3 is 5.73 Å². The van der Waals surface area contributed by atoms with Crippen molar-refractivity contribution < 1.29 is 4.39 Å². The van der Waals surface area contributed by atoms with Crippen LogP contribution in [0.15, 0.2) is 29.6 Å². The van der Waals surface area contributed by atoms with Gasteiger partial charge >= 0.3 is 0 Å². The maximum Gasteiger partial charge on any atom is 0.123 e. The highest BCUT2D eigenvalue weighted by molar-refractivity contribution is 7.09. The number of rotatable bonds is 5. The van der Waals surface area contributed by atoms with Gasteiger partial charge in [-0.1, -0.05) is 25.5 Å². The minimum absolute atomic E-state index is 0.226. The molecule has 2 N–H and O–H groups in total. The van der Waals surface area contributed by atoms with E-state index in [4.69, 9.17) is 5.73 Å². The number of nitrogens with two attached hydrogens (primary N) is 1. The van der Waals surface area contributed by atoms with Gasteiger partial charge in [0.1, 0.15) is 5.82 Å². The van der Waals surface area contributed by atoms with E-state index in [2.05, 4.69) is 11.9 Å². The van der Waals surface area contributed by atoms with E-state index in [1.165, 1.54) is 12.1 Å². The Morgan fingerprint density at radius 1 is 1.44 bits per heavy atom. The first-order valence-electron chi connectivity index (χ1n) is 6.13. The number of hydrogen-bond acceptors (Lipinski definition) is 3. The summed E-state index contributed by atoms with van der Waals surface area (Å²) in [5.74, 6) is 0.256. The highest BCUT2D eigenvalue weighted by Gasteiger charge is 2.10. The zero-order valence-corrected chi connectivity index (χ0v) is 11.2. The second-order valence-corrected chi connectivity index (χ2v) is 5.29. The Hall–Kier alpha value is -1.26. The molecule has 0 saturated carbocycles. The third kappa shape index (κ3) is 3.15. The fourth-order valence-electron chi connectivity index (χ4n) is 1.83. The fourth-order valence-corrected chi connectivity index (χ4v) is 2.75. The summed E-state index contributed by atoms with van der Waals surface area (Å²) in [6.07, 6.45) is 1.97. The molecule has 0 radical (unpaired) electrons. The summed E-state index contributed by atoms with van der Waals surface area (Å²) in [4.78, 5) is 4.55. The number of benzene rings is 1. The zero-order valence-electron chi connectivity index (χ0n) is 10.4. The van der Waals surface area contributed by atoms with Crippen molar-refractivity contribution in [3.05, 3.63) is 40.5 Å². The number of nitrogens with zero attached hydrogens (tertiary/aromatic N) is 1. The Kier molecular flexibility index (Phi) is 4.44. The monoisotopic (exact) mass is 264 g/mol. The Bertz CT molecular complexity index is 506. The van der Waals surface area contributed by atoms with Gasteiger partial charge in [-0.25, -0.2) is 9.37 Å². The molecule has 0 saturated heterocycles. The number of hydrogen-bond donors (Lipinski definition) is 1. The summed E-state index contributed by atoms with van der Waals surface area (Å²) in [6.45, 7) is 2.82. The molecular formula is C14H17FN2S. The van der Waals surface area contributed by atoms with Crippen molar-refractivity contribution in [2.45, 2.75) is 19.8 Å². The molecule has 1 atom stereocenters. The molecular weight excluding hydrogens is 247 g/mol. The average Bonchev–Trinajstić information content (AvgIpc) is 2.84. The van der Waals surface area contributed by atoms with Gasteiger partial charge in [-0.3, -0.25) is 0 Å². The minimum atomic E-state index is -0.226. The molecule has 1 aromatic heterocycles. The molecule has 2 aromatic rings. The van der Waals surface area contributed by atoms with Crippen molar-refractivity contribution in [2.24, 2.45) is 11.7 Å². The van der Waals surface area contributed by atoms with E-state index in [1.807, 2.05) is 11.4 Å². The Morgan fingerprint density at radius 2 is 2.28 bits per heavy atom. The Balaban J connectivity index is 2.15. The maximum atomic E-state index is 13.1. The predicted molar refractivity (Wildman–Crippen MR) is 74.0 cm³/mol. The highest BCUT2D eigenvalue weighted by Crippen LogP contribution is 2.24. The summed E-state index contributed by atoms with van der Waals surface area (Å²) < 4.78 is 13.1. The second-order valence-electron chi connectivity index (χ2n) is 4.35. The summed E-state index contributed by atoms with van der Waals surface area (Å²) in [6, 6.07) is 6.54. The molecule has 1 heterocycles. The lowest BCUT2D eigenvalue weighted by molar-refractivity contribution is 0.518. The van der Waals surface area contributed by atoms with Gasteiger partial charge in [0, 0.05) is 17.4 Å². The fraction of sp³-hybridized carbons (Fsp3) is 0.357. The van der Waals surface area contributed by atoms with Crippen molar-refractivity contribution in [1.29, 1.82) is 0 Å². The lowest BCUT2D eigenvalue weighted by Gasteiger charge is -2.08. The van der Waals surface area contributed by atoms with Crippen LogP contribution in [0.1, 0.15) is 18.4 Å². The molecule has 0 spiro atoms. The number of aromatic nitrogens is 1. The third-order valence-corrected chi connectivity index (χ3v) is 3.92. The van der Waals surface area contributed by atoms with E-state index in [0.717, 1.165) is 29.1 Å². The first-order chi connectivity index (χ1) is 8.72. The summed E-state index contributed by atoms with van der Waals surface area (Å²) in [5.41, 5.74) is 7.38. The van der Waals surface area contributed by atoms with Crippen LogP contribution in [-0.2, 0) is 6.42 Å². The lowest BCUT2D eigenvalue weighted by Crippen LogP contribution is -2.15. The largest absolute Gasteiger partial charge is 0.330 e. The maximum absolute atomic E-state index is 13.1. The van der Waals surface area contributed by atoms with Crippen molar-refractivity contribution >= 4 is 11.3 Å². The van der Waals surface area contributed by atoms with Crippen molar-refractivity contribution in [1.82, 2.24) is 4.98 Å². The van der Waals surface area contributed by atoms with E-state index in [1.54, 1.807) is 17.4 Å². The first-order valence-corrected chi connectivity index (χ1v) is 7.01. The SMILES string of the molecule is CCC(CN)Cc1nc(-c2cccc(F)c2)cs1. The van der Waals surface area contributed by atoms with Crippen LogP contribution in [0.4, 0.5) is 4.39 Å². The zero-order chi connectivity index (χ0) is 13.0. The Morgan fingerprint density at radius 3 is 2.94 bits per heavy atom. The van der Waals surface area contributed by atoms with Crippen LogP contribution in [-0.4, -0.2) is 11.5 Å². The molecule has 2 nitrogen and oxygen atoms in total. The lowest BCUT2D eigenvalue weighted by atomic mass is 10.0. The molecule has 0 fully saturated rings. The van der Waals surface area contributed by atoms with Gasteiger partial charge in [0.15, 0.2) is 0 Å². The van der Waals surface area contributed by atoms with E-state index in [0.29, 0.717) is 12.5 Å². The first kappa shape index (κ1) is 13.2. The molecule has 2 rings (SSSR count). The number of thiazole rings is 1. The topological polar surface area (TPSA) is 38.9 Å². The number of halogens is 1. The molecule has 0 aliphatic rings. The second kappa shape index (κ2) is 6.07. The highest BCUT2D eigenvalue weighted by atomic mass is 32.1. The third-order valence-electron chi connectivity index (χ3n) is 3.05. The van der Waals surface area contributed by atoms with Crippen LogP contribution in [0.5, 0.6) is 0 Å². The van der Waals surface area contributed by atoms with Gasteiger partial charge in [0.2, 0.25) is 0 Å². The van der Waals surface area contributed by atoms with E-state index in [-0.39, 0.29) is 5.82 Å². The molecule has 96 valence electrons.